The molecule has 110 valence electrons. The third-order valence-corrected chi connectivity index (χ3v) is 5.53. The van der Waals surface area contributed by atoms with Crippen LogP contribution in [0.3, 0.4) is 0 Å². The first-order valence-electron chi connectivity index (χ1n) is 6.63. The lowest BCUT2D eigenvalue weighted by atomic mass is 10.2. The van der Waals surface area contributed by atoms with Crippen LogP contribution in [-0.2, 0) is 14.8 Å². The number of aliphatic carboxylic acids is 1. The maximum absolute atomic E-state index is 12.7. The minimum Gasteiger partial charge on any atom is -0.481 e. The molecule has 0 spiro atoms. The zero-order valence-corrected chi connectivity index (χ0v) is 12.5. The molecule has 6 heteroatoms. The van der Waals surface area contributed by atoms with Crippen LogP contribution in [0.4, 0.5) is 0 Å². The van der Waals surface area contributed by atoms with Crippen LogP contribution in [0.1, 0.15) is 30.4 Å². The van der Waals surface area contributed by atoms with Gasteiger partial charge in [-0.15, -0.1) is 0 Å². The van der Waals surface area contributed by atoms with Gasteiger partial charge >= 0.3 is 5.97 Å². The highest BCUT2D eigenvalue weighted by atomic mass is 32.2. The van der Waals surface area contributed by atoms with Crippen molar-refractivity contribution in [1.82, 2.24) is 4.31 Å². The van der Waals surface area contributed by atoms with Crippen molar-refractivity contribution in [3.8, 4) is 0 Å². The average molecular weight is 297 g/mol. The van der Waals surface area contributed by atoms with Crippen LogP contribution in [-0.4, -0.2) is 36.4 Å². The summed E-state index contributed by atoms with van der Waals surface area (Å²) < 4.78 is 26.7. The highest BCUT2D eigenvalue weighted by Gasteiger charge is 2.38. The van der Waals surface area contributed by atoms with Gasteiger partial charge < -0.3 is 5.11 Å². The lowest BCUT2D eigenvalue weighted by Gasteiger charge is -2.22. The maximum Gasteiger partial charge on any atom is 0.304 e. The van der Waals surface area contributed by atoms with Crippen molar-refractivity contribution in [3.05, 3.63) is 29.3 Å². The minimum atomic E-state index is -3.61. The average Bonchev–Trinajstić information content (AvgIpc) is 3.12. The number of sulfonamides is 1. The molecule has 2 rings (SSSR count). The van der Waals surface area contributed by atoms with E-state index in [0.29, 0.717) is 5.56 Å². The van der Waals surface area contributed by atoms with Gasteiger partial charge in [-0.1, -0.05) is 17.7 Å². The van der Waals surface area contributed by atoms with E-state index < -0.39 is 16.0 Å². The first-order chi connectivity index (χ1) is 9.32. The number of rotatable bonds is 6. The standard InChI is InChI=1S/C14H19NO4S/c1-10-3-6-13(11(2)9-10)20(18,19)15(12-4-5-12)8-7-14(16)17/h3,6,9,12H,4-5,7-8H2,1-2H3,(H,16,17). The van der Waals surface area contributed by atoms with Crippen molar-refractivity contribution in [2.75, 3.05) is 6.54 Å². The molecular weight excluding hydrogens is 278 g/mol. The number of aryl methyl sites for hydroxylation is 2. The van der Waals surface area contributed by atoms with Gasteiger partial charge in [0.1, 0.15) is 0 Å². The Morgan fingerprint density at radius 3 is 2.50 bits per heavy atom. The molecule has 0 aromatic heterocycles. The van der Waals surface area contributed by atoms with Gasteiger partial charge in [-0.2, -0.15) is 4.31 Å². The lowest BCUT2D eigenvalue weighted by molar-refractivity contribution is -0.137. The van der Waals surface area contributed by atoms with E-state index in [1.165, 1.54) is 4.31 Å². The fraction of sp³-hybridized carbons (Fsp3) is 0.500. The van der Waals surface area contributed by atoms with E-state index >= 15 is 0 Å². The monoisotopic (exact) mass is 297 g/mol. The van der Waals surface area contributed by atoms with Crippen molar-refractivity contribution >= 4 is 16.0 Å². The maximum atomic E-state index is 12.7. The largest absolute Gasteiger partial charge is 0.481 e. The number of carbonyl (C=O) groups is 1. The van der Waals surface area contributed by atoms with Crippen LogP contribution < -0.4 is 0 Å². The Morgan fingerprint density at radius 1 is 1.35 bits per heavy atom. The Kier molecular flexibility index (Phi) is 4.15. The van der Waals surface area contributed by atoms with E-state index in [9.17, 15) is 13.2 Å². The summed E-state index contributed by atoms with van der Waals surface area (Å²) in [5, 5.41) is 8.77. The molecule has 1 aromatic rings. The lowest BCUT2D eigenvalue weighted by Crippen LogP contribution is -2.35. The molecule has 0 aliphatic heterocycles. The normalized spacial score (nSPS) is 15.6. The Bertz CT molecular complexity index is 620. The number of hydrogen-bond acceptors (Lipinski definition) is 3. The molecule has 0 atom stereocenters. The first kappa shape index (κ1) is 15.0. The number of nitrogens with zero attached hydrogens (tertiary/aromatic N) is 1. The highest BCUT2D eigenvalue weighted by Crippen LogP contribution is 2.33. The van der Waals surface area contributed by atoms with Gasteiger partial charge in [-0.3, -0.25) is 4.79 Å². The Balaban J connectivity index is 2.32. The molecule has 1 N–H and O–H groups in total. The number of benzene rings is 1. The number of hydrogen-bond donors (Lipinski definition) is 1. The molecule has 1 aromatic carbocycles. The van der Waals surface area contributed by atoms with Crippen LogP contribution in [0.5, 0.6) is 0 Å². The van der Waals surface area contributed by atoms with Gasteiger partial charge in [0.2, 0.25) is 10.0 Å². The van der Waals surface area contributed by atoms with Crippen molar-refractivity contribution in [2.45, 2.75) is 44.0 Å². The van der Waals surface area contributed by atoms with Gasteiger partial charge in [0.05, 0.1) is 11.3 Å². The molecule has 0 heterocycles. The summed E-state index contributed by atoms with van der Waals surface area (Å²) in [6, 6.07) is 5.16. The number of carboxylic acids is 1. The van der Waals surface area contributed by atoms with Crippen molar-refractivity contribution < 1.29 is 18.3 Å². The summed E-state index contributed by atoms with van der Waals surface area (Å²) in [6.07, 6.45) is 1.45. The third kappa shape index (κ3) is 3.19. The molecule has 1 saturated carbocycles. The van der Waals surface area contributed by atoms with E-state index in [4.69, 9.17) is 5.11 Å². The molecule has 0 amide bonds. The first-order valence-corrected chi connectivity index (χ1v) is 8.07. The topological polar surface area (TPSA) is 74.7 Å². The molecule has 1 fully saturated rings. The van der Waals surface area contributed by atoms with E-state index in [1.807, 2.05) is 13.0 Å². The second kappa shape index (κ2) is 5.54. The van der Waals surface area contributed by atoms with Crippen LogP contribution in [0.2, 0.25) is 0 Å². The summed E-state index contributed by atoms with van der Waals surface area (Å²) in [5.41, 5.74) is 1.70. The minimum absolute atomic E-state index is 0.0374. The van der Waals surface area contributed by atoms with Gasteiger partial charge in [0.25, 0.3) is 0 Å². The predicted octanol–water partition coefficient (Wildman–Crippen LogP) is 1.93. The van der Waals surface area contributed by atoms with Gasteiger partial charge in [0.15, 0.2) is 0 Å². The van der Waals surface area contributed by atoms with Crippen molar-refractivity contribution in [1.29, 1.82) is 0 Å². The summed E-state index contributed by atoms with van der Waals surface area (Å²) in [7, 11) is -3.61. The Hall–Kier alpha value is -1.40. The van der Waals surface area contributed by atoms with Crippen LogP contribution in [0.15, 0.2) is 23.1 Å². The SMILES string of the molecule is Cc1ccc(S(=O)(=O)N(CCC(=O)O)C2CC2)c(C)c1. The fourth-order valence-electron chi connectivity index (χ4n) is 2.28. The van der Waals surface area contributed by atoms with Gasteiger partial charge in [0, 0.05) is 12.6 Å². The zero-order chi connectivity index (χ0) is 14.9. The molecule has 20 heavy (non-hydrogen) atoms. The zero-order valence-electron chi connectivity index (χ0n) is 11.7. The van der Waals surface area contributed by atoms with E-state index in [1.54, 1.807) is 19.1 Å². The summed E-state index contributed by atoms with van der Waals surface area (Å²) in [4.78, 5) is 11.0. The van der Waals surface area contributed by atoms with E-state index in [0.717, 1.165) is 18.4 Å². The van der Waals surface area contributed by atoms with E-state index in [-0.39, 0.29) is 23.9 Å². The quantitative estimate of drug-likeness (QED) is 0.870. The van der Waals surface area contributed by atoms with Crippen LogP contribution in [0.25, 0.3) is 0 Å². The van der Waals surface area contributed by atoms with E-state index in [2.05, 4.69) is 0 Å². The molecule has 1 aliphatic carbocycles. The molecule has 5 nitrogen and oxygen atoms in total. The molecular formula is C14H19NO4S. The Labute approximate surface area is 119 Å². The molecule has 0 saturated heterocycles. The second-order valence-electron chi connectivity index (χ2n) is 5.26. The van der Waals surface area contributed by atoms with Gasteiger partial charge in [-0.25, -0.2) is 8.42 Å². The summed E-state index contributed by atoms with van der Waals surface area (Å²) >= 11 is 0. The van der Waals surface area contributed by atoms with Crippen molar-refractivity contribution in [2.24, 2.45) is 0 Å². The third-order valence-electron chi connectivity index (χ3n) is 3.42. The van der Waals surface area contributed by atoms with Gasteiger partial charge in [-0.05, 0) is 38.3 Å². The van der Waals surface area contributed by atoms with Crippen LogP contribution in [0, 0.1) is 13.8 Å². The predicted molar refractivity (Wildman–Crippen MR) is 75.1 cm³/mol. The second-order valence-corrected chi connectivity index (χ2v) is 7.12. The Morgan fingerprint density at radius 2 is 2.00 bits per heavy atom. The summed E-state index contributed by atoms with van der Waals surface area (Å²) in [5.74, 6) is -0.980. The van der Waals surface area contributed by atoms with Crippen molar-refractivity contribution in [3.63, 3.8) is 0 Å². The summed E-state index contributed by atoms with van der Waals surface area (Å²) in [6.45, 7) is 3.71. The highest BCUT2D eigenvalue weighted by molar-refractivity contribution is 7.89. The smallest absolute Gasteiger partial charge is 0.304 e. The molecule has 0 bridgehead atoms. The molecule has 0 radical (unpaired) electrons. The molecule has 0 unspecified atom stereocenters. The number of carboxylic acid groups (broad SMARTS) is 1. The fourth-order valence-corrected chi connectivity index (χ4v) is 4.18. The van der Waals surface area contributed by atoms with Crippen LogP contribution >= 0.6 is 0 Å². The molecule has 1 aliphatic rings.